The second kappa shape index (κ2) is 6.39. The Labute approximate surface area is 123 Å². The quantitative estimate of drug-likeness (QED) is 0.926. The summed E-state index contributed by atoms with van der Waals surface area (Å²) in [4.78, 5) is -0.314. The number of hydrogen-bond acceptors (Lipinski definition) is 3. The topological polar surface area (TPSA) is 63.4 Å². The van der Waals surface area contributed by atoms with Crippen molar-refractivity contribution in [2.45, 2.75) is 36.6 Å². The van der Waals surface area contributed by atoms with Gasteiger partial charge in [-0.3, -0.25) is 0 Å². The lowest BCUT2D eigenvalue weighted by Gasteiger charge is -2.34. The van der Waals surface area contributed by atoms with Gasteiger partial charge in [-0.25, -0.2) is 12.8 Å². The number of benzene rings is 1. The first-order chi connectivity index (χ1) is 9.46. The minimum absolute atomic E-state index is 0.145. The fourth-order valence-corrected chi connectivity index (χ4v) is 4.51. The zero-order valence-electron chi connectivity index (χ0n) is 11.1. The number of rotatable bonds is 4. The summed E-state index contributed by atoms with van der Waals surface area (Å²) in [6, 6.07) is 3.49. The Morgan fingerprint density at radius 1 is 1.40 bits per heavy atom. The highest BCUT2D eigenvalue weighted by molar-refractivity contribution is 7.89. The zero-order valence-corrected chi connectivity index (χ0v) is 12.6. The van der Waals surface area contributed by atoms with Crippen molar-refractivity contribution in [3.63, 3.8) is 0 Å². The van der Waals surface area contributed by atoms with Crippen LogP contribution in [0.1, 0.15) is 25.7 Å². The Kier molecular flexibility index (Phi) is 5.01. The molecule has 0 radical (unpaired) electrons. The smallest absolute Gasteiger partial charge is 0.246 e. The summed E-state index contributed by atoms with van der Waals surface area (Å²) >= 11 is 5.67. The van der Waals surface area contributed by atoms with Crippen molar-refractivity contribution < 1.29 is 12.8 Å². The Hall–Kier alpha value is -0.690. The van der Waals surface area contributed by atoms with Gasteiger partial charge < -0.3 is 5.73 Å². The van der Waals surface area contributed by atoms with Gasteiger partial charge in [-0.15, -0.1) is 0 Å². The van der Waals surface area contributed by atoms with Crippen molar-refractivity contribution in [2.75, 3.05) is 13.1 Å². The van der Waals surface area contributed by atoms with Gasteiger partial charge >= 0.3 is 0 Å². The van der Waals surface area contributed by atoms with E-state index in [-0.39, 0.29) is 16.0 Å². The van der Waals surface area contributed by atoms with Crippen molar-refractivity contribution >= 4 is 21.6 Å². The molecule has 0 saturated carbocycles. The monoisotopic (exact) mass is 320 g/mol. The molecule has 0 aromatic heterocycles. The van der Waals surface area contributed by atoms with Crippen LogP contribution in [-0.4, -0.2) is 31.9 Å². The summed E-state index contributed by atoms with van der Waals surface area (Å²) in [6.45, 7) is 0.828. The Balaban J connectivity index is 2.37. The summed E-state index contributed by atoms with van der Waals surface area (Å²) in [6.07, 6.45) is 3.12. The first-order valence-electron chi connectivity index (χ1n) is 6.64. The molecule has 1 aliphatic heterocycles. The second-order valence-electron chi connectivity index (χ2n) is 4.92. The molecule has 1 saturated heterocycles. The maximum absolute atomic E-state index is 13.9. The zero-order chi connectivity index (χ0) is 14.8. The third kappa shape index (κ3) is 3.14. The first-order valence-corrected chi connectivity index (χ1v) is 8.45. The van der Waals surface area contributed by atoms with E-state index < -0.39 is 15.8 Å². The minimum Gasteiger partial charge on any atom is -0.330 e. The van der Waals surface area contributed by atoms with Gasteiger partial charge in [0, 0.05) is 17.6 Å². The van der Waals surface area contributed by atoms with Crippen LogP contribution in [0.25, 0.3) is 0 Å². The van der Waals surface area contributed by atoms with Gasteiger partial charge in [0.25, 0.3) is 0 Å². The van der Waals surface area contributed by atoms with Crippen LogP contribution in [0, 0.1) is 5.82 Å². The molecule has 7 heteroatoms. The standard InChI is InChI=1S/C13H18ClFN2O2S/c14-10-4-5-13(12(15)9-10)20(18,19)17-8-2-1-3-11(17)6-7-16/h4-5,9,11H,1-3,6-8,16H2. The molecule has 1 aliphatic rings. The van der Waals surface area contributed by atoms with Crippen molar-refractivity contribution in [1.82, 2.24) is 4.31 Å². The molecule has 1 aromatic rings. The SMILES string of the molecule is NCCC1CCCCN1S(=O)(=O)c1ccc(Cl)cc1F. The third-order valence-electron chi connectivity index (χ3n) is 3.55. The summed E-state index contributed by atoms with van der Waals surface area (Å²) in [5, 5.41) is 0.179. The van der Waals surface area contributed by atoms with E-state index >= 15 is 0 Å². The molecule has 0 amide bonds. The molecule has 2 N–H and O–H groups in total. The van der Waals surface area contributed by atoms with Gasteiger partial charge in [-0.2, -0.15) is 4.31 Å². The maximum Gasteiger partial charge on any atom is 0.246 e. The highest BCUT2D eigenvalue weighted by Crippen LogP contribution is 2.29. The molecule has 0 bridgehead atoms. The summed E-state index contributed by atoms with van der Waals surface area (Å²) in [5.41, 5.74) is 5.54. The first kappa shape index (κ1) is 15.7. The van der Waals surface area contributed by atoms with Crippen molar-refractivity contribution in [1.29, 1.82) is 0 Å². The summed E-state index contributed by atoms with van der Waals surface area (Å²) in [7, 11) is -3.84. The van der Waals surface area contributed by atoms with E-state index in [1.807, 2.05) is 0 Å². The molecule has 2 rings (SSSR count). The molecule has 1 aromatic carbocycles. The highest BCUT2D eigenvalue weighted by Gasteiger charge is 2.34. The second-order valence-corrected chi connectivity index (χ2v) is 7.21. The van der Waals surface area contributed by atoms with E-state index in [0.29, 0.717) is 19.5 Å². The van der Waals surface area contributed by atoms with E-state index in [0.717, 1.165) is 25.3 Å². The molecule has 112 valence electrons. The van der Waals surface area contributed by atoms with Crippen LogP contribution in [0.2, 0.25) is 5.02 Å². The average molecular weight is 321 g/mol. The molecule has 1 fully saturated rings. The van der Waals surface area contributed by atoms with E-state index in [1.165, 1.54) is 16.4 Å². The van der Waals surface area contributed by atoms with Crippen LogP contribution >= 0.6 is 11.6 Å². The van der Waals surface area contributed by atoms with Gasteiger partial charge in [0.2, 0.25) is 10.0 Å². The van der Waals surface area contributed by atoms with Crippen LogP contribution in [0.15, 0.2) is 23.1 Å². The van der Waals surface area contributed by atoms with Gasteiger partial charge in [0.05, 0.1) is 0 Å². The van der Waals surface area contributed by atoms with Crippen molar-refractivity contribution in [3.8, 4) is 0 Å². The molecule has 1 unspecified atom stereocenters. The van der Waals surface area contributed by atoms with Crippen LogP contribution in [0.4, 0.5) is 4.39 Å². The molecule has 0 spiro atoms. The predicted molar refractivity (Wildman–Crippen MR) is 76.6 cm³/mol. The molecule has 0 aliphatic carbocycles. The summed E-state index contributed by atoms with van der Waals surface area (Å²) < 4.78 is 40.5. The molecular weight excluding hydrogens is 303 g/mol. The van der Waals surface area contributed by atoms with Crippen LogP contribution in [0.5, 0.6) is 0 Å². The van der Waals surface area contributed by atoms with Crippen LogP contribution in [-0.2, 0) is 10.0 Å². The molecular formula is C13H18ClFN2O2S. The van der Waals surface area contributed by atoms with E-state index in [1.54, 1.807) is 0 Å². The number of nitrogens with zero attached hydrogens (tertiary/aromatic N) is 1. The number of hydrogen-bond donors (Lipinski definition) is 1. The lowest BCUT2D eigenvalue weighted by molar-refractivity contribution is 0.242. The van der Waals surface area contributed by atoms with Crippen LogP contribution < -0.4 is 5.73 Å². The van der Waals surface area contributed by atoms with Gasteiger partial charge in [0.15, 0.2) is 0 Å². The van der Waals surface area contributed by atoms with Gasteiger partial charge in [0.1, 0.15) is 10.7 Å². The van der Waals surface area contributed by atoms with E-state index in [9.17, 15) is 12.8 Å². The maximum atomic E-state index is 13.9. The van der Waals surface area contributed by atoms with Gasteiger partial charge in [-0.05, 0) is 44.0 Å². The molecule has 1 atom stereocenters. The largest absolute Gasteiger partial charge is 0.330 e. The fourth-order valence-electron chi connectivity index (χ4n) is 2.58. The van der Waals surface area contributed by atoms with E-state index in [2.05, 4.69) is 0 Å². The molecule has 4 nitrogen and oxygen atoms in total. The van der Waals surface area contributed by atoms with Gasteiger partial charge in [-0.1, -0.05) is 18.0 Å². The average Bonchev–Trinajstić information content (AvgIpc) is 2.39. The normalized spacial score (nSPS) is 21.1. The van der Waals surface area contributed by atoms with Crippen molar-refractivity contribution in [2.24, 2.45) is 5.73 Å². The summed E-state index contributed by atoms with van der Waals surface area (Å²) in [5.74, 6) is -0.811. The predicted octanol–water partition coefficient (Wildman–Crippen LogP) is 2.37. The minimum atomic E-state index is -3.84. The third-order valence-corrected chi connectivity index (χ3v) is 5.77. The number of nitrogens with two attached hydrogens (primary N) is 1. The van der Waals surface area contributed by atoms with Crippen LogP contribution in [0.3, 0.4) is 0 Å². The number of sulfonamides is 1. The fraction of sp³-hybridized carbons (Fsp3) is 0.538. The lowest BCUT2D eigenvalue weighted by atomic mass is 10.0. The number of halogens is 2. The Bertz CT molecular complexity index is 578. The lowest BCUT2D eigenvalue weighted by Crippen LogP contribution is -2.44. The highest BCUT2D eigenvalue weighted by atomic mass is 35.5. The molecule has 20 heavy (non-hydrogen) atoms. The van der Waals surface area contributed by atoms with Crippen molar-refractivity contribution in [3.05, 3.63) is 29.0 Å². The molecule has 1 heterocycles. The van der Waals surface area contributed by atoms with E-state index in [4.69, 9.17) is 17.3 Å². The Morgan fingerprint density at radius 2 is 2.15 bits per heavy atom. The Morgan fingerprint density at radius 3 is 2.80 bits per heavy atom. The number of piperidine rings is 1.